The number of hydrogen-bond acceptors (Lipinski definition) is 4. The Morgan fingerprint density at radius 3 is 2.35 bits per heavy atom. The molecule has 4 nitrogen and oxygen atoms in total. The highest BCUT2D eigenvalue weighted by Crippen LogP contribution is 2.19. The molecule has 0 aliphatic heterocycles. The summed E-state index contributed by atoms with van der Waals surface area (Å²) in [5.74, 6) is -0.332. The van der Waals surface area contributed by atoms with Crippen LogP contribution in [0.3, 0.4) is 0 Å². The lowest BCUT2D eigenvalue weighted by atomic mass is 10.0. The van der Waals surface area contributed by atoms with Gasteiger partial charge in [-0.05, 0) is 26.0 Å². The van der Waals surface area contributed by atoms with Crippen LogP contribution in [0.25, 0.3) is 11.0 Å². The van der Waals surface area contributed by atoms with E-state index in [0.717, 1.165) is 6.07 Å². The molecule has 1 aromatic carbocycles. The molecule has 1 aromatic heterocycles. The average molecular weight is 230 g/mol. The van der Waals surface area contributed by atoms with Crippen LogP contribution in [0.1, 0.15) is 34.6 Å². The number of ketones is 2. The van der Waals surface area contributed by atoms with Gasteiger partial charge in [-0.25, -0.2) is 4.79 Å². The van der Waals surface area contributed by atoms with E-state index >= 15 is 0 Å². The molecule has 4 heteroatoms. The lowest BCUT2D eigenvalue weighted by Gasteiger charge is -2.03. The number of fused-ring (bicyclic) bond motifs is 1. The number of Topliss-reactive ketones (excluding diaryl/α,β-unsaturated/α-hetero) is 2. The van der Waals surface area contributed by atoms with Crippen molar-refractivity contribution in [3.63, 3.8) is 0 Å². The maximum atomic E-state index is 11.4. The van der Waals surface area contributed by atoms with E-state index in [4.69, 9.17) is 4.42 Å². The van der Waals surface area contributed by atoms with Gasteiger partial charge < -0.3 is 4.42 Å². The molecule has 0 radical (unpaired) electrons. The number of carbonyl (C=O) groups is 2. The molecule has 0 fully saturated rings. The molecule has 0 saturated heterocycles. The zero-order valence-corrected chi connectivity index (χ0v) is 9.44. The maximum absolute atomic E-state index is 11.4. The summed E-state index contributed by atoms with van der Waals surface area (Å²) >= 11 is 0. The Morgan fingerprint density at radius 2 is 1.76 bits per heavy atom. The lowest BCUT2D eigenvalue weighted by molar-refractivity contribution is 0.101. The zero-order valence-electron chi connectivity index (χ0n) is 9.44. The highest BCUT2D eigenvalue weighted by Gasteiger charge is 2.10. The number of benzene rings is 1. The fourth-order valence-corrected chi connectivity index (χ4v) is 1.67. The van der Waals surface area contributed by atoms with Gasteiger partial charge >= 0.3 is 5.63 Å². The van der Waals surface area contributed by atoms with Crippen LogP contribution in [0.5, 0.6) is 0 Å². The summed E-state index contributed by atoms with van der Waals surface area (Å²) in [7, 11) is 0. The molecule has 1 heterocycles. The van der Waals surface area contributed by atoms with Gasteiger partial charge in [-0.1, -0.05) is 6.07 Å². The van der Waals surface area contributed by atoms with Crippen LogP contribution in [-0.2, 0) is 0 Å². The summed E-state index contributed by atoms with van der Waals surface area (Å²) in [4.78, 5) is 33.9. The third kappa shape index (κ3) is 2.01. The van der Waals surface area contributed by atoms with E-state index in [1.54, 1.807) is 12.1 Å². The highest BCUT2D eigenvalue weighted by atomic mass is 16.4. The van der Waals surface area contributed by atoms with Crippen molar-refractivity contribution < 1.29 is 14.0 Å². The van der Waals surface area contributed by atoms with Crippen molar-refractivity contribution in [3.8, 4) is 0 Å². The Balaban J connectivity index is 2.84. The van der Waals surface area contributed by atoms with Gasteiger partial charge in [0.2, 0.25) is 0 Å². The summed E-state index contributed by atoms with van der Waals surface area (Å²) < 4.78 is 4.98. The molecule has 0 saturated carbocycles. The summed E-state index contributed by atoms with van der Waals surface area (Å²) in [6, 6.07) is 5.87. The van der Waals surface area contributed by atoms with Crippen LogP contribution >= 0.6 is 0 Å². The normalized spacial score (nSPS) is 10.5. The van der Waals surface area contributed by atoms with Crippen molar-refractivity contribution >= 4 is 22.5 Å². The van der Waals surface area contributed by atoms with Crippen molar-refractivity contribution in [1.82, 2.24) is 0 Å². The predicted molar refractivity (Wildman–Crippen MR) is 62.5 cm³/mol. The van der Waals surface area contributed by atoms with Crippen molar-refractivity contribution in [2.75, 3.05) is 0 Å². The first-order valence-corrected chi connectivity index (χ1v) is 5.09. The van der Waals surface area contributed by atoms with Gasteiger partial charge in [0.15, 0.2) is 11.6 Å². The van der Waals surface area contributed by atoms with E-state index < -0.39 is 5.63 Å². The summed E-state index contributed by atoms with van der Waals surface area (Å²) in [5.41, 5.74) is 0.423. The third-order valence-electron chi connectivity index (χ3n) is 2.53. The minimum absolute atomic E-state index is 0.122. The molecule has 2 rings (SSSR count). The van der Waals surface area contributed by atoms with Crippen molar-refractivity contribution in [2.45, 2.75) is 13.8 Å². The quantitative estimate of drug-likeness (QED) is 0.586. The van der Waals surface area contributed by atoms with Crippen LogP contribution in [0.2, 0.25) is 0 Å². The molecule has 2 aromatic rings. The first kappa shape index (κ1) is 11.3. The Labute approximate surface area is 96.9 Å². The maximum Gasteiger partial charge on any atom is 0.336 e. The Bertz CT molecular complexity index is 679. The average Bonchev–Trinajstić information content (AvgIpc) is 2.26. The summed E-state index contributed by atoms with van der Waals surface area (Å²) in [5, 5.41) is 0.544. The van der Waals surface area contributed by atoms with Gasteiger partial charge in [0.25, 0.3) is 0 Å². The number of hydrogen-bond donors (Lipinski definition) is 0. The molecular formula is C13H10O4. The number of rotatable bonds is 2. The SMILES string of the molecule is CC(=O)c1ccc2c(C(C)=O)cc(=O)oc2c1. The molecule has 86 valence electrons. The van der Waals surface area contributed by atoms with E-state index in [9.17, 15) is 14.4 Å². The second-order valence-electron chi connectivity index (χ2n) is 3.80. The van der Waals surface area contributed by atoms with E-state index in [0.29, 0.717) is 16.5 Å². The minimum Gasteiger partial charge on any atom is -0.423 e. The van der Waals surface area contributed by atoms with Crippen LogP contribution in [0.4, 0.5) is 0 Å². The van der Waals surface area contributed by atoms with Crippen LogP contribution < -0.4 is 5.63 Å². The van der Waals surface area contributed by atoms with Gasteiger partial charge in [0.05, 0.1) is 0 Å². The van der Waals surface area contributed by atoms with Crippen LogP contribution in [0.15, 0.2) is 33.5 Å². The van der Waals surface area contributed by atoms with Crippen LogP contribution in [-0.4, -0.2) is 11.6 Å². The summed E-state index contributed by atoms with van der Waals surface area (Å²) in [6.07, 6.45) is 0. The molecule has 0 N–H and O–H groups in total. The topological polar surface area (TPSA) is 64.3 Å². The van der Waals surface area contributed by atoms with E-state index in [1.165, 1.54) is 19.9 Å². The van der Waals surface area contributed by atoms with Crippen molar-refractivity contribution in [3.05, 3.63) is 45.8 Å². The fraction of sp³-hybridized carbons (Fsp3) is 0.154. The molecule has 0 amide bonds. The van der Waals surface area contributed by atoms with Crippen molar-refractivity contribution in [1.29, 1.82) is 0 Å². The van der Waals surface area contributed by atoms with E-state index in [1.807, 2.05) is 0 Å². The summed E-state index contributed by atoms with van der Waals surface area (Å²) in [6.45, 7) is 2.81. The van der Waals surface area contributed by atoms with E-state index in [2.05, 4.69) is 0 Å². The third-order valence-corrected chi connectivity index (χ3v) is 2.53. The smallest absolute Gasteiger partial charge is 0.336 e. The van der Waals surface area contributed by atoms with Gasteiger partial charge in [0.1, 0.15) is 5.58 Å². The first-order valence-electron chi connectivity index (χ1n) is 5.09. The second kappa shape index (κ2) is 3.97. The second-order valence-corrected chi connectivity index (χ2v) is 3.80. The van der Waals surface area contributed by atoms with E-state index in [-0.39, 0.29) is 17.1 Å². The lowest BCUT2D eigenvalue weighted by Crippen LogP contribution is -2.04. The molecule has 0 unspecified atom stereocenters. The van der Waals surface area contributed by atoms with Gasteiger partial charge in [0, 0.05) is 22.6 Å². The highest BCUT2D eigenvalue weighted by molar-refractivity contribution is 6.07. The van der Waals surface area contributed by atoms with Crippen LogP contribution in [0, 0.1) is 0 Å². The predicted octanol–water partition coefficient (Wildman–Crippen LogP) is 2.20. The molecule has 0 aliphatic carbocycles. The Morgan fingerprint density at radius 1 is 1.06 bits per heavy atom. The Hall–Kier alpha value is -2.23. The first-order chi connectivity index (χ1) is 7.99. The van der Waals surface area contributed by atoms with Crippen molar-refractivity contribution in [2.24, 2.45) is 0 Å². The molecule has 0 spiro atoms. The zero-order chi connectivity index (χ0) is 12.6. The van der Waals surface area contributed by atoms with Gasteiger partial charge in [-0.3, -0.25) is 9.59 Å². The monoisotopic (exact) mass is 230 g/mol. The standard InChI is InChI=1S/C13H10O4/c1-7(14)9-3-4-10-11(8(2)15)6-13(16)17-12(10)5-9/h3-6H,1-2H3. The molecule has 0 bridgehead atoms. The van der Waals surface area contributed by atoms with Gasteiger partial charge in [-0.2, -0.15) is 0 Å². The fourth-order valence-electron chi connectivity index (χ4n) is 1.67. The largest absolute Gasteiger partial charge is 0.423 e. The van der Waals surface area contributed by atoms with Gasteiger partial charge in [-0.15, -0.1) is 0 Å². The molecule has 17 heavy (non-hydrogen) atoms. The molecule has 0 aliphatic rings. The Kier molecular flexibility index (Phi) is 2.63. The molecule has 0 atom stereocenters. The number of carbonyl (C=O) groups excluding carboxylic acids is 2. The molecular weight excluding hydrogens is 220 g/mol. The minimum atomic E-state index is -0.594.